The van der Waals surface area contributed by atoms with E-state index in [0.717, 1.165) is 16.6 Å². The molecule has 0 aliphatic carbocycles. The highest BCUT2D eigenvalue weighted by Gasteiger charge is 2.29. The summed E-state index contributed by atoms with van der Waals surface area (Å²) in [7, 11) is 0. The van der Waals surface area contributed by atoms with Gasteiger partial charge >= 0.3 is 0 Å². The molecule has 1 fully saturated rings. The smallest absolute Gasteiger partial charge is 0.289 e. The molecule has 0 bridgehead atoms. The number of fused-ring (bicyclic) bond motifs is 1. The number of nitrogens with one attached hydrogen (secondary N) is 1. The van der Waals surface area contributed by atoms with E-state index in [1.165, 1.54) is 23.2 Å². The van der Waals surface area contributed by atoms with E-state index in [2.05, 4.69) is 29.4 Å². The number of anilines is 1. The van der Waals surface area contributed by atoms with Crippen molar-refractivity contribution < 1.29 is 14.0 Å². The maximum absolute atomic E-state index is 12.6. The number of thiazole rings is 1. The van der Waals surface area contributed by atoms with Crippen molar-refractivity contribution in [3.05, 3.63) is 47.9 Å². The van der Waals surface area contributed by atoms with Gasteiger partial charge in [0.2, 0.25) is 5.91 Å². The molecule has 3 heterocycles. The van der Waals surface area contributed by atoms with Crippen LogP contribution in [0.15, 0.2) is 41.0 Å². The molecule has 1 aromatic carbocycles. The number of hydrogen-bond acceptors (Lipinski definition) is 5. The fourth-order valence-electron chi connectivity index (χ4n) is 3.35. The van der Waals surface area contributed by atoms with Crippen LogP contribution in [0, 0.1) is 5.92 Å². The lowest BCUT2D eigenvalue weighted by molar-refractivity contribution is -0.121. The molecule has 27 heavy (non-hydrogen) atoms. The zero-order chi connectivity index (χ0) is 18.8. The van der Waals surface area contributed by atoms with Crippen molar-refractivity contribution in [2.24, 2.45) is 5.92 Å². The monoisotopic (exact) mass is 383 g/mol. The molecule has 0 unspecified atom stereocenters. The van der Waals surface area contributed by atoms with Crippen molar-refractivity contribution in [3.8, 4) is 0 Å². The summed E-state index contributed by atoms with van der Waals surface area (Å²) in [5, 5.41) is 3.59. The van der Waals surface area contributed by atoms with Gasteiger partial charge in [-0.1, -0.05) is 24.3 Å². The number of hydrogen-bond donors (Lipinski definition) is 1. The maximum atomic E-state index is 12.6. The van der Waals surface area contributed by atoms with Crippen LogP contribution in [0.25, 0.3) is 10.2 Å². The molecule has 1 aliphatic heterocycles. The molecule has 1 saturated heterocycles. The zero-order valence-electron chi connectivity index (χ0n) is 15.1. The van der Waals surface area contributed by atoms with Gasteiger partial charge in [-0.2, -0.15) is 0 Å². The summed E-state index contributed by atoms with van der Waals surface area (Å²) in [4.78, 5) is 31.2. The Morgan fingerprint density at radius 1 is 1.30 bits per heavy atom. The summed E-state index contributed by atoms with van der Waals surface area (Å²) in [6.45, 7) is 3.22. The zero-order valence-corrected chi connectivity index (χ0v) is 15.9. The number of furan rings is 1. The van der Waals surface area contributed by atoms with Crippen molar-refractivity contribution in [2.75, 3.05) is 18.4 Å². The molecule has 1 N–H and O–H groups in total. The van der Waals surface area contributed by atoms with Crippen molar-refractivity contribution in [1.82, 2.24) is 9.88 Å². The van der Waals surface area contributed by atoms with Crippen LogP contribution in [0.3, 0.4) is 0 Å². The predicted octanol–water partition coefficient (Wildman–Crippen LogP) is 3.94. The number of benzene rings is 1. The van der Waals surface area contributed by atoms with E-state index in [1.807, 2.05) is 6.07 Å². The van der Waals surface area contributed by atoms with Gasteiger partial charge in [-0.25, -0.2) is 4.98 Å². The van der Waals surface area contributed by atoms with Crippen LogP contribution in [-0.2, 0) is 11.2 Å². The second-order valence-corrected chi connectivity index (χ2v) is 7.74. The Balaban J connectivity index is 1.36. The number of piperidine rings is 1. The molecule has 1 aliphatic rings. The first-order valence-electron chi connectivity index (χ1n) is 9.17. The Morgan fingerprint density at radius 2 is 2.11 bits per heavy atom. The van der Waals surface area contributed by atoms with Gasteiger partial charge in [-0.05, 0) is 49.1 Å². The molecule has 140 valence electrons. The average Bonchev–Trinajstić information content (AvgIpc) is 3.36. The molecule has 6 nitrogen and oxygen atoms in total. The Hall–Kier alpha value is -2.67. The number of carbonyl (C=O) groups is 2. The van der Waals surface area contributed by atoms with E-state index in [9.17, 15) is 9.59 Å². The number of likely N-dealkylation sites (tertiary alicyclic amines) is 1. The van der Waals surface area contributed by atoms with Gasteiger partial charge in [-0.3, -0.25) is 9.59 Å². The minimum atomic E-state index is -0.114. The fourth-order valence-corrected chi connectivity index (χ4v) is 4.28. The number of nitrogens with zero attached hydrogens (tertiary/aromatic N) is 2. The number of rotatable bonds is 4. The van der Waals surface area contributed by atoms with E-state index in [0.29, 0.717) is 36.8 Å². The minimum absolute atomic E-state index is 0.0186. The third kappa shape index (κ3) is 3.73. The van der Waals surface area contributed by atoms with Crippen LogP contribution >= 0.6 is 11.3 Å². The molecule has 7 heteroatoms. The number of aryl methyl sites for hydroxylation is 1. The first-order valence-corrected chi connectivity index (χ1v) is 9.99. The summed E-state index contributed by atoms with van der Waals surface area (Å²) in [6.07, 6.45) is 3.76. The normalized spacial score (nSPS) is 15.2. The van der Waals surface area contributed by atoms with E-state index >= 15 is 0 Å². The largest absolute Gasteiger partial charge is 0.459 e. The first-order chi connectivity index (χ1) is 13.1. The van der Waals surface area contributed by atoms with E-state index in [1.54, 1.807) is 17.0 Å². The molecular formula is C20H21N3O3S. The molecule has 0 radical (unpaired) electrons. The SMILES string of the molecule is CCc1ccc2nc(NC(=O)C3CCN(C(=O)c4ccco4)CC3)sc2c1. The van der Waals surface area contributed by atoms with E-state index in [4.69, 9.17) is 4.42 Å². The molecule has 4 rings (SSSR count). The molecule has 2 amide bonds. The van der Waals surface area contributed by atoms with Crippen LogP contribution in [0.5, 0.6) is 0 Å². The Bertz CT molecular complexity index is 956. The van der Waals surface area contributed by atoms with Crippen LogP contribution in [0.2, 0.25) is 0 Å². The van der Waals surface area contributed by atoms with Crippen molar-refractivity contribution >= 4 is 38.5 Å². The second-order valence-electron chi connectivity index (χ2n) is 6.71. The molecule has 3 aromatic rings. The van der Waals surface area contributed by atoms with Crippen LogP contribution in [0.1, 0.15) is 35.9 Å². The second kappa shape index (κ2) is 7.52. The minimum Gasteiger partial charge on any atom is -0.459 e. The third-order valence-corrected chi connectivity index (χ3v) is 5.91. The Kier molecular flexibility index (Phi) is 4.94. The number of carbonyl (C=O) groups excluding carboxylic acids is 2. The summed E-state index contributed by atoms with van der Waals surface area (Å²) in [6, 6.07) is 9.56. The van der Waals surface area contributed by atoms with Gasteiger partial charge in [0, 0.05) is 19.0 Å². The summed E-state index contributed by atoms with van der Waals surface area (Å²) < 4.78 is 6.26. The van der Waals surface area contributed by atoms with Gasteiger partial charge < -0.3 is 14.6 Å². The highest BCUT2D eigenvalue weighted by molar-refractivity contribution is 7.22. The maximum Gasteiger partial charge on any atom is 0.289 e. The van der Waals surface area contributed by atoms with Gasteiger partial charge in [0.1, 0.15) is 0 Å². The van der Waals surface area contributed by atoms with Gasteiger partial charge in [-0.15, -0.1) is 0 Å². The van der Waals surface area contributed by atoms with Gasteiger partial charge in [0.25, 0.3) is 5.91 Å². The highest BCUT2D eigenvalue weighted by atomic mass is 32.1. The average molecular weight is 383 g/mol. The number of aromatic nitrogens is 1. The van der Waals surface area contributed by atoms with E-state index < -0.39 is 0 Å². The lowest BCUT2D eigenvalue weighted by atomic mass is 9.96. The topological polar surface area (TPSA) is 75.4 Å². The van der Waals surface area contributed by atoms with Crippen LogP contribution < -0.4 is 5.32 Å². The molecule has 0 atom stereocenters. The Labute approximate surface area is 161 Å². The third-order valence-electron chi connectivity index (χ3n) is 4.98. The first kappa shape index (κ1) is 17.7. The predicted molar refractivity (Wildman–Crippen MR) is 105 cm³/mol. The summed E-state index contributed by atoms with van der Waals surface area (Å²) >= 11 is 1.50. The summed E-state index contributed by atoms with van der Waals surface area (Å²) in [5.74, 6) is 0.106. The van der Waals surface area contributed by atoms with Crippen LogP contribution in [0.4, 0.5) is 5.13 Å². The fraction of sp³-hybridized carbons (Fsp3) is 0.350. The number of amides is 2. The van der Waals surface area contributed by atoms with Crippen molar-refractivity contribution in [1.29, 1.82) is 0 Å². The highest BCUT2D eigenvalue weighted by Crippen LogP contribution is 2.28. The lowest BCUT2D eigenvalue weighted by Gasteiger charge is -2.30. The standard InChI is InChI=1S/C20H21N3O3S/c1-2-13-5-6-15-17(12-13)27-20(21-15)22-18(24)14-7-9-23(10-8-14)19(25)16-4-3-11-26-16/h3-6,11-12,14H,2,7-10H2,1H3,(H,21,22,24). The molecular weight excluding hydrogens is 362 g/mol. The van der Waals surface area contributed by atoms with Gasteiger partial charge in [0.15, 0.2) is 10.9 Å². The van der Waals surface area contributed by atoms with E-state index in [-0.39, 0.29) is 17.7 Å². The molecule has 2 aromatic heterocycles. The van der Waals surface area contributed by atoms with Crippen molar-refractivity contribution in [2.45, 2.75) is 26.2 Å². The molecule has 0 saturated carbocycles. The lowest BCUT2D eigenvalue weighted by Crippen LogP contribution is -2.41. The Morgan fingerprint density at radius 3 is 2.81 bits per heavy atom. The molecule has 0 spiro atoms. The van der Waals surface area contributed by atoms with Crippen molar-refractivity contribution in [3.63, 3.8) is 0 Å². The van der Waals surface area contributed by atoms with Gasteiger partial charge in [0.05, 0.1) is 16.5 Å². The summed E-state index contributed by atoms with van der Waals surface area (Å²) in [5.41, 5.74) is 2.17. The quantitative estimate of drug-likeness (QED) is 0.740. The van der Waals surface area contributed by atoms with Crippen LogP contribution in [-0.4, -0.2) is 34.8 Å².